The highest BCUT2D eigenvalue weighted by Crippen LogP contribution is 2.29. The summed E-state index contributed by atoms with van der Waals surface area (Å²) in [4.78, 5) is 19.4. The van der Waals surface area contributed by atoms with E-state index in [9.17, 15) is 10.1 Å². The van der Waals surface area contributed by atoms with Crippen molar-refractivity contribution in [3.05, 3.63) is 52.8 Å². The molecule has 0 fully saturated rings. The molecule has 1 N–H and O–H groups in total. The quantitative estimate of drug-likeness (QED) is 0.587. The standard InChI is InChI=1S/C14H13N5O2/c1-2-15-12-7-6-11(19(20)21)14(17-12)10-4-3-5-13-16-8-9-18(10)13/h3-9H,2H2,1H3,(H,15,17). The minimum absolute atomic E-state index is 0.0298. The Balaban J connectivity index is 2.26. The summed E-state index contributed by atoms with van der Waals surface area (Å²) in [7, 11) is 0. The molecule has 0 aliphatic heterocycles. The molecule has 0 atom stereocenters. The molecule has 0 spiro atoms. The van der Waals surface area contributed by atoms with E-state index in [1.807, 2.05) is 19.1 Å². The number of hydrogen-bond donors (Lipinski definition) is 1. The summed E-state index contributed by atoms with van der Waals surface area (Å²) in [6.45, 7) is 2.64. The first-order valence-electron chi connectivity index (χ1n) is 6.52. The molecule has 3 heterocycles. The summed E-state index contributed by atoms with van der Waals surface area (Å²) in [5, 5.41) is 14.3. The van der Waals surface area contributed by atoms with Crippen LogP contribution in [-0.4, -0.2) is 25.8 Å². The fourth-order valence-electron chi connectivity index (χ4n) is 2.21. The molecule has 7 nitrogen and oxygen atoms in total. The molecule has 3 rings (SSSR count). The molecule has 106 valence electrons. The number of nitrogens with one attached hydrogen (secondary N) is 1. The Morgan fingerprint density at radius 2 is 2.19 bits per heavy atom. The van der Waals surface area contributed by atoms with E-state index >= 15 is 0 Å². The average molecular weight is 283 g/mol. The zero-order chi connectivity index (χ0) is 14.8. The number of aromatic nitrogens is 3. The van der Waals surface area contributed by atoms with E-state index < -0.39 is 4.92 Å². The second-order valence-electron chi connectivity index (χ2n) is 4.42. The van der Waals surface area contributed by atoms with Gasteiger partial charge < -0.3 is 5.32 Å². The van der Waals surface area contributed by atoms with Gasteiger partial charge in [0.15, 0.2) is 5.69 Å². The van der Waals surface area contributed by atoms with Crippen LogP contribution in [0.25, 0.3) is 17.0 Å². The van der Waals surface area contributed by atoms with Gasteiger partial charge in [-0.2, -0.15) is 0 Å². The summed E-state index contributed by atoms with van der Waals surface area (Å²) >= 11 is 0. The Morgan fingerprint density at radius 1 is 1.33 bits per heavy atom. The molecule has 0 amide bonds. The number of nitro groups is 1. The maximum atomic E-state index is 11.3. The molecule has 7 heteroatoms. The van der Waals surface area contributed by atoms with Crippen molar-refractivity contribution in [3.63, 3.8) is 0 Å². The fourth-order valence-corrected chi connectivity index (χ4v) is 2.21. The summed E-state index contributed by atoms with van der Waals surface area (Å²) in [5.41, 5.74) is 1.65. The van der Waals surface area contributed by atoms with Gasteiger partial charge in [0.2, 0.25) is 0 Å². The van der Waals surface area contributed by atoms with Gasteiger partial charge in [-0.25, -0.2) is 9.97 Å². The van der Waals surface area contributed by atoms with Gasteiger partial charge in [-0.05, 0) is 25.1 Å². The first kappa shape index (κ1) is 13.0. The third-order valence-corrected chi connectivity index (χ3v) is 3.10. The molecule has 3 aromatic rings. The maximum Gasteiger partial charge on any atom is 0.297 e. The van der Waals surface area contributed by atoms with Crippen molar-refractivity contribution in [2.45, 2.75) is 6.92 Å². The number of nitrogens with zero attached hydrogens (tertiary/aromatic N) is 4. The normalized spacial score (nSPS) is 10.7. The highest BCUT2D eigenvalue weighted by atomic mass is 16.6. The second-order valence-corrected chi connectivity index (χ2v) is 4.42. The first-order chi connectivity index (χ1) is 10.2. The van der Waals surface area contributed by atoms with E-state index in [4.69, 9.17) is 0 Å². The minimum atomic E-state index is -0.423. The van der Waals surface area contributed by atoms with Crippen LogP contribution in [0.3, 0.4) is 0 Å². The highest BCUT2D eigenvalue weighted by molar-refractivity contribution is 5.71. The molecular weight excluding hydrogens is 270 g/mol. The molecule has 0 bridgehead atoms. The van der Waals surface area contributed by atoms with Gasteiger partial charge in [0.1, 0.15) is 11.5 Å². The van der Waals surface area contributed by atoms with Crippen molar-refractivity contribution >= 4 is 17.2 Å². The molecule has 0 saturated carbocycles. The van der Waals surface area contributed by atoms with Crippen LogP contribution in [0.15, 0.2) is 42.7 Å². The van der Waals surface area contributed by atoms with Crippen molar-refractivity contribution in [3.8, 4) is 11.4 Å². The van der Waals surface area contributed by atoms with Crippen molar-refractivity contribution < 1.29 is 4.92 Å². The SMILES string of the molecule is CCNc1ccc([N+](=O)[O-])c(-c2cccc3nccn23)n1. The summed E-state index contributed by atoms with van der Waals surface area (Å²) in [6.07, 6.45) is 3.41. The van der Waals surface area contributed by atoms with E-state index in [0.717, 1.165) is 5.65 Å². The van der Waals surface area contributed by atoms with Crippen LogP contribution in [0.2, 0.25) is 0 Å². The monoisotopic (exact) mass is 283 g/mol. The van der Waals surface area contributed by atoms with Crippen LogP contribution < -0.4 is 5.32 Å². The Kier molecular flexibility index (Phi) is 3.23. The summed E-state index contributed by atoms with van der Waals surface area (Å²) in [5.74, 6) is 0.607. The van der Waals surface area contributed by atoms with Gasteiger partial charge in [0.05, 0.1) is 10.6 Å². The topological polar surface area (TPSA) is 85.4 Å². The van der Waals surface area contributed by atoms with Gasteiger partial charge in [-0.15, -0.1) is 0 Å². The van der Waals surface area contributed by atoms with Crippen molar-refractivity contribution in [2.75, 3.05) is 11.9 Å². The lowest BCUT2D eigenvalue weighted by Crippen LogP contribution is -2.03. The van der Waals surface area contributed by atoms with E-state index in [1.54, 1.807) is 28.9 Å². The van der Waals surface area contributed by atoms with Gasteiger partial charge >= 0.3 is 0 Å². The van der Waals surface area contributed by atoms with Gasteiger partial charge in [0.25, 0.3) is 5.69 Å². The van der Waals surface area contributed by atoms with Crippen LogP contribution >= 0.6 is 0 Å². The van der Waals surface area contributed by atoms with E-state index in [1.165, 1.54) is 6.07 Å². The molecule has 3 aromatic heterocycles. The Hall–Kier alpha value is -2.96. The smallest absolute Gasteiger partial charge is 0.297 e. The summed E-state index contributed by atoms with van der Waals surface area (Å²) < 4.78 is 1.78. The number of pyridine rings is 2. The number of hydrogen-bond acceptors (Lipinski definition) is 5. The van der Waals surface area contributed by atoms with Crippen LogP contribution in [0.1, 0.15) is 6.92 Å². The van der Waals surface area contributed by atoms with Crippen LogP contribution in [-0.2, 0) is 0 Å². The van der Waals surface area contributed by atoms with Gasteiger partial charge in [0, 0.05) is 25.0 Å². The van der Waals surface area contributed by atoms with E-state index in [2.05, 4.69) is 15.3 Å². The molecule has 0 aliphatic rings. The lowest BCUT2D eigenvalue weighted by molar-refractivity contribution is -0.384. The summed E-state index contributed by atoms with van der Waals surface area (Å²) in [6, 6.07) is 8.52. The van der Waals surface area contributed by atoms with Crippen molar-refractivity contribution in [1.29, 1.82) is 0 Å². The number of imidazole rings is 1. The lowest BCUT2D eigenvalue weighted by Gasteiger charge is -2.08. The van der Waals surface area contributed by atoms with Crippen LogP contribution in [0.4, 0.5) is 11.5 Å². The number of anilines is 1. The van der Waals surface area contributed by atoms with E-state index in [0.29, 0.717) is 23.8 Å². The predicted octanol–water partition coefficient (Wildman–Crippen LogP) is 2.74. The van der Waals surface area contributed by atoms with Crippen LogP contribution in [0, 0.1) is 10.1 Å². The average Bonchev–Trinajstić information content (AvgIpc) is 2.95. The fraction of sp³-hybridized carbons (Fsp3) is 0.143. The molecule has 21 heavy (non-hydrogen) atoms. The Labute approximate surface area is 120 Å². The highest BCUT2D eigenvalue weighted by Gasteiger charge is 2.19. The maximum absolute atomic E-state index is 11.3. The van der Waals surface area contributed by atoms with Crippen LogP contribution in [0.5, 0.6) is 0 Å². The Morgan fingerprint density at radius 3 is 2.95 bits per heavy atom. The molecular formula is C14H13N5O2. The predicted molar refractivity (Wildman–Crippen MR) is 79.2 cm³/mol. The molecule has 0 radical (unpaired) electrons. The number of fused-ring (bicyclic) bond motifs is 1. The molecule has 0 unspecified atom stereocenters. The van der Waals surface area contributed by atoms with Crippen molar-refractivity contribution in [1.82, 2.24) is 14.4 Å². The second kappa shape index (κ2) is 5.20. The first-order valence-corrected chi connectivity index (χ1v) is 6.52. The zero-order valence-corrected chi connectivity index (χ0v) is 11.4. The van der Waals surface area contributed by atoms with Gasteiger partial charge in [-0.3, -0.25) is 14.5 Å². The zero-order valence-electron chi connectivity index (χ0n) is 11.4. The third-order valence-electron chi connectivity index (χ3n) is 3.10. The molecule has 0 saturated heterocycles. The third kappa shape index (κ3) is 2.29. The lowest BCUT2D eigenvalue weighted by atomic mass is 10.2. The number of rotatable bonds is 4. The Bertz CT molecular complexity index is 812. The van der Waals surface area contributed by atoms with Crippen molar-refractivity contribution in [2.24, 2.45) is 0 Å². The van der Waals surface area contributed by atoms with E-state index in [-0.39, 0.29) is 5.69 Å². The minimum Gasteiger partial charge on any atom is -0.370 e. The molecule has 0 aromatic carbocycles. The largest absolute Gasteiger partial charge is 0.370 e. The van der Waals surface area contributed by atoms with Gasteiger partial charge in [-0.1, -0.05) is 6.07 Å². The molecule has 0 aliphatic carbocycles.